The van der Waals surface area contributed by atoms with Gasteiger partial charge in [-0.2, -0.15) is 26.3 Å². The van der Waals surface area contributed by atoms with Crippen molar-refractivity contribution in [2.75, 3.05) is 7.05 Å². The maximum atomic E-state index is 13.1. The van der Waals surface area contributed by atoms with E-state index in [-0.39, 0.29) is 5.69 Å². The first kappa shape index (κ1) is 29.2. The lowest BCUT2D eigenvalue weighted by Crippen LogP contribution is -2.55. The zero-order chi connectivity index (χ0) is 26.5. The first-order valence-electron chi connectivity index (χ1n) is 9.56. The van der Waals surface area contributed by atoms with Crippen LogP contribution in [0.5, 0.6) is 0 Å². The van der Waals surface area contributed by atoms with Gasteiger partial charge in [0.15, 0.2) is 0 Å². The number of amides is 1. The van der Waals surface area contributed by atoms with Gasteiger partial charge in [-0.25, -0.2) is 4.98 Å². The molecule has 0 atom stereocenters. The molecule has 0 spiro atoms. The largest absolute Gasteiger partial charge is 0.411 e. The standard InChI is InChI=1S/C18H15ClF3N3O.C4H8F3N/c1-17(2,18(20,21)22)25(3)16(26)15-7-6-12(10-24-15)4-5-13-8-14(19)11-23-9-13;1-3(2,8)4(5,6)7/h6-11H,1-3H3;8H2,1-2H3. The summed E-state index contributed by atoms with van der Waals surface area (Å²) in [5.74, 6) is 4.83. The van der Waals surface area contributed by atoms with Crippen molar-refractivity contribution in [3.05, 3.63) is 58.6 Å². The molecule has 0 saturated heterocycles. The van der Waals surface area contributed by atoms with E-state index < -0.39 is 29.3 Å². The molecule has 2 heterocycles. The fourth-order valence-corrected chi connectivity index (χ4v) is 2.01. The molecule has 0 aliphatic carbocycles. The maximum absolute atomic E-state index is 13.1. The smallest absolute Gasteiger partial charge is 0.326 e. The molecule has 0 aromatic carbocycles. The number of nitrogens with zero attached hydrogens (tertiary/aromatic N) is 3. The molecule has 34 heavy (non-hydrogen) atoms. The highest BCUT2D eigenvalue weighted by Gasteiger charge is 2.52. The summed E-state index contributed by atoms with van der Waals surface area (Å²) in [6.45, 7) is 3.72. The van der Waals surface area contributed by atoms with Crippen molar-refractivity contribution < 1.29 is 31.1 Å². The lowest BCUT2D eigenvalue weighted by Gasteiger charge is -2.36. The van der Waals surface area contributed by atoms with E-state index in [2.05, 4.69) is 27.5 Å². The number of hydrogen-bond donors (Lipinski definition) is 1. The van der Waals surface area contributed by atoms with E-state index in [4.69, 9.17) is 11.6 Å². The zero-order valence-electron chi connectivity index (χ0n) is 18.9. The van der Waals surface area contributed by atoms with E-state index in [9.17, 15) is 31.1 Å². The Bertz CT molecular complexity index is 1040. The molecule has 0 radical (unpaired) electrons. The van der Waals surface area contributed by atoms with Crippen LogP contribution in [0.15, 0.2) is 36.8 Å². The lowest BCUT2D eigenvalue weighted by molar-refractivity contribution is -0.208. The summed E-state index contributed by atoms with van der Waals surface area (Å²) >= 11 is 5.82. The van der Waals surface area contributed by atoms with Crippen molar-refractivity contribution in [3.8, 4) is 11.8 Å². The molecular formula is C22H23ClF6N4O. The summed E-state index contributed by atoms with van der Waals surface area (Å²) in [6, 6.07) is 4.49. The van der Waals surface area contributed by atoms with Crippen LogP contribution < -0.4 is 5.73 Å². The van der Waals surface area contributed by atoms with E-state index >= 15 is 0 Å². The van der Waals surface area contributed by atoms with Crippen molar-refractivity contribution in [2.45, 2.75) is 51.1 Å². The Balaban J connectivity index is 0.000000620. The van der Waals surface area contributed by atoms with E-state index in [0.29, 0.717) is 21.0 Å². The topological polar surface area (TPSA) is 72.1 Å². The van der Waals surface area contributed by atoms with Crippen molar-refractivity contribution in [2.24, 2.45) is 5.73 Å². The Hall–Kier alpha value is -2.84. The van der Waals surface area contributed by atoms with E-state index in [1.54, 1.807) is 12.3 Å². The fourth-order valence-electron chi connectivity index (χ4n) is 1.83. The van der Waals surface area contributed by atoms with Gasteiger partial charge in [0.25, 0.3) is 5.91 Å². The molecule has 2 aromatic rings. The van der Waals surface area contributed by atoms with Crippen LogP contribution in [0.4, 0.5) is 26.3 Å². The first-order valence-corrected chi connectivity index (χ1v) is 9.94. The molecule has 2 aromatic heterocycles. The summed E-state index contributed by atoms with van der Waals surface area (Å²) in [5, 5.41) is 0.450. The summed E-state index contributed by atoms with van der Waals surface area (Å²) in [7, 11) is 1.09. The second-order valence-electron chi connectivity index (χ2n) is 8.21. The monoisotopic (exact) mass is 508 g/mol. The number of alkyl halides is 6. The van der Waals surface area contributed by atoms with Crippen molar-refractivity contribution in [1.29, 1.82) is 0 Å². The minimum Gasteiger partial charge on any atom is -0.326 e. The van der Waals surface area contributed by atoms with Gasteiger partial charge < -0.3 is 10.6 Å². The molecule has 0 aliphatic heterocycles. The van der Waals surface area contributed by atoms with Gasteiger partial charge in [-0.15, -0.1) is 0 Å². The number of rotatable bonds is 2. The molecule has 12 heteroatoms. The average Bonchev–Trinajstić information content (AvgIpc) is 2.70. The van der Waals surface area contributed by atoms with Gasteiger partial charge in [-0.05, 0) is 45.9 Å². The lowest BCUT2D eigenvalue weighted by atomic mass is 10.0. The molecule has 0 unspecified atom stereocenters. The SMILES string of the molecule is CC(C)(N)C(F)(F)F.CN(C(=O)c1ccc(C#Cc2cncc(Cl)c2)cn1)C(C)(C)C(F)(F)F. The normalized spacial score (nSPS) is 12.1. The van der Waals surface area contributed by atoms with Crippen LogP contribution in [0.2, 0.25) is 5.02 Å². The predicted molar refractivity (Wildman–Crippen MR) is 116 cm³/mol. The Morgan fingerprint density at radius 2 is 1.47 bits per heavy atom. The third-order valence-corrected chi connectivity index (χ3v) is 4.81. The molecule has 2 N–H and O–H groups in total. The summed E-state index contributed by atoms with van der Waals surface area (Å²) in [4.78, 5) is 20.7. The average molecular weight is 509 g/mol. The maximum Gasteiger partial charge on any atom is 0.411 e. The summed E-state index contributed by atoms with van der Waals surface area (Å²) in [5.41, 5.74) is 1.31. The Kier molecular flexibility index (Phi) is 9.11. The van der Waals surface area contributed by atoms with Gasteiger partial charge in [0.05, 0.1) is 5.02 Å². The summed E-state index contributed by atoms with van der Waals surface area (Å²) < 4.78 is 73.5. The third-order valence-electron chi connectivity index (χ3n) is 4.61. The van der Waals surface area contributed by atoms with Crippen molar-refractivity contribution >= 4 is 17.5 Å². The Morgan fingerprint density at radius 3 is 1.88 bits per heavy atom. The molecule has 1 amide bonds. The van der Waals surface area contributed by atoms with Gasteiger partial charge in [0.2, 0.25) is 0 Å². The van der Waals surface area contributed by atoms with Crippen LogP contribution in [0, 0.1) is 11.8 Å². The molecule has 0 aliphatic rings. The van der Waals surface area contributed by atoms with Gasteiger partial charge in [-0.1, -0.05) is 23.4 Å². The highest BCUT2D eigenvalue weighted by Crippen LogP contribution is 2.34. The molecule has 0 bridgehead atoms. The quantitative estimate of drug-likeness (QED) is 0.445. The Morgan fingerprint density at radius 1 is 0.941 bits per heavy atom. The van der Waals surface area contributed by atoms with Gasteiger partial charge in [0.1, 0.15) is 16.8 Å². The fraction of sp³-hybridized carbons (Fsp3) is 0.409. The number of hydrogen-bond acceptors (Lipinski definition) is 4. The van der Waals surface area contributed by atoms with Crippen LogP contribution >= 0.6 is 11.6 Å². The third kappa shape index (κ3) is 7.88. The minimum atomic E-state index is -4.56. The second-order valence-corrected chi connectivity index (χ2v) is 8.65. The molecule has 5 nitrogen and oxygen atoms in total. The van der Waals surface area contributed by atoms with E-state index in [1.165, 1.54) is 24.5 Å². The van der Waals surface area contributed by atoms with Crippen LogP contribution in [-0.2, 0) is 0 Å². The van der Waals surface area contributed by atoms with Crippen LogP contribution in [-0.4, -0.2) is 51.3 Å². The number of carbonyl (C=O) groups excluding carboxylic acids is 1. The highest BCUT2D eigenvalue weighted by atomic mass is 35.5. The molecule has 0 fully saturated rings. The Labute approximate surface area is 198 Å². The van der Waals surface area contributed by atoms with Crippen LogP contribution in [0.1, 0.15) is 49.3 Å². The van der Waals surface area contributed by atoms with Gasteiger partial charge in [-0.3, -0.25) is 9.78 Å². The minimum absolute atomic E-state index is 0.0974. The van der Waals surface area contributed by atoms with E-state index in [1.807, 2.05) is 0 Å². The molecular weight excluding hydrogens is 486 g/mol. The molecule has 2 rings (SSSR count). The van der Waals surface area contributed by atoms with Crippen LogP contribution in [0.3, 0.4) is 0 Å². The predicted octanol–water partition coefficient (Wildman–Crippen LogP) is 5.23. The van der Waals surface area contributed by atoms with Gasteiger partial charge in [0, 0.05) is 36.8 Å². The molecule has 0 saturated carbocycles. The number of carbonyl (C=O) groups is 1. The van der Waals surface area contributed by atoms with Gasteiger partial charge >= 0.3 is 12.4 Å². The van der Waals surface area contributed by atoms with Crippen molar-refractivity contribution in [3.63, 3.8) is 0 Å². The van der Waals surface area contributed by atoms with Crippen molar-refractivity contribution in [1.82, 2.24) is 14.9 Å². The second kappa shape index (κ2) is 10.6. The van der Waals surface area contributed by atoms with Crippen LogP contribution in [0.25, 0.3) is 0 Å². The molecule has 186 valence electrons. The zero-order valence-corrected chi connectivity index (χ0v) is 19.7. The number of halogens is 7. The number of aromatic nitrogens is 2. The summed E-state index contributed by atoms with van der Waals surface area (Å²) in [6.07, 6.45) is -4.50. The first-order chi connectivity index (χ1) is 15.3. The number of nitrogens with two attached hydrogens (primary N) is 1. The number of pyridine rings is 2. The highest BCUT2D eigenvalue weighted by molar-refractivity contribution is 6.30. The van der Waals surface area contributed by atoms with E-state index in [0.717, 1.165) is 34.7 Å².